The summed E-state index contributed by atoms with van der Waals surface area (Å²) in [7, 11) is -3.65. The van der Waals surface area contributed by atoms with E-state index in [0.29, 0.717) is 50.6 Å². The fourth-order valence-electron chi connectivity index (χ4n) is 3.46. The van der Waals surface area contributed by atoms with Crippen molar-refractivity contribution >= 4 is 15.9 Å². The van der Waals surface area contributed by atoms with Crippen LogP contribution in [0.25, 0.3) is 0 Å². The van der Waals surface area contributed by atoms with Gasteiger partial charge >= 0.3 is 0 Å². The molecule has 0 saturated carbocycles. The predicted octanol–water partition coefficient (Wildman–Crippen LogP) is 2.78. The maximum Gasteiger partial charge on any atom is 0.251 e. The summed E-state index contributed by atoms with van der Waals surface area (Å²) in [5.41, 5.74) is 2.14. The molecule has 8 heteroatoms. The van der Waals surface area contributed by atoms with Gasteiger partial charge in [-0.3, -0.25) is 4.79 Å². The first-order valence-corrected chi connectivity index (χ1v) is 12.0. The number of hydrogen-bond donors (Lipinski definition) is 1. The van der Waals surface area contributed by atoms with Crippen LogP contribution in [0.3, 0.4) is 0 Å². The summed E-state index contributed by atoms with van der Waals surface area (Å²) < 4.78 is 38.1. The van der Waals surface area contributed by atoms with Crippen molar-refractivity contribution in [1.82, 2.24) is 9.62 Å². The Kier molecular flexibility index (Phi) is 8.06. The first-order chi connectivity index (χ1) is 14.9. The Morgan fingerprint density at radius 3 is 2.52 bits per heavy atom. The van der Waals surface area contributed by atoms with E-state index in [9.17, 15) is 13.2 Å². The van der Waals surface area contributed by atoms with Crippen LogP contribution < -0.4 is 10.1 Å². The van der Waals surface area contributed by atoms with E-state index in [1.165, 1.54) is 15.9 Å². The molecule has 168 valence electrons. The summed E-state index contributed by atoms with van der Waals surface area (Å²) in [5.74, 6) is 0.576. The largest absolute Gasteiger partial charge is 0.494 e. The molecular weight excluding hydrogens is 416 g/mol. The third-order valence-electron chi connectivity index (χ3n) is 5.20. The second-order valence-corrected chi connectivity index (χ2v) is 9.34. The molecule has 0 unspecified atom stereocenters. The molecule has 0 aromatic heterocycles. The molecule has 1 fully saturated rings. The molecule has 7 nitrogen and oxygen atoms in total. The molecule has 1 aliphatic rings. The SMILES string of the molecule is CCOc1ccc(CCCNC(=O)c2ccc(C)c(S(=O)(=O)N3CCOCC3)c2)cc1. The quantitative estimate of drug-likeness (QED) is 0.599. The van der Waals surface area contributed by atoms with Crippen molar-refractivity contribution in [3.05, 3.63) is 59.2 Å². The number of amides is 1. The van der Waals surface area contributed by atoms with Gasteiger partial charge in [0.05, 0.1) is 24.7 Å². The van der Waals surface area contributed by atoms with E-state index in [-0.39, 0.29) is 10.8 Å². The lowest BCUT2D eigenvalue weighted by Crippen LogP contribution is -2.41. The van der Waals surface area contributed by atoms with Gasteiger partial charge in [0, 0.05) is 25.2 Å². The Balaban J connectivity index is 1.57. The van der Waals surface area contributed by atoms with Crippen molar-refractivity contribution in [2.45, 2.75) is 31.6 Å². The van der Waals surface area contributed by atoms with Crippen molar-refractivity contribution in [3.8, 4) is 5.75 Å². The van der Waals surface area contributed by atoms with E-state index >= 15 is 0 Å². The first kappa shape index (κ1) is 23.2. The highest BCUT2D eigenvalue weighted by molar-refractivity contribution is 7.89. The van der Waals surface area contributed by atoms with Gasteiger partial charge in [-0.25, -0.2) is 8.42 Å². The van der Waals surface area contributed by atoms with E-state index in [0.717, 1.165) is 18.6 Å². The van der Waals surface area contributed by atoms with E-state index in [2.05, 4.69) is 5.32 Å². The number of benzene rings is 2. The zero-order valence-corrected chi connectivity index (χ0v) is 18.9. The molecule has 1 amide bonds. The molecular formula is C23H30N2O5S. The maximum atomic E-state index is 13.0. The van der Waals surface area contributed by atoms with Gasteiger partial charge in [0.15, 0.2) is 0 Å². The Morgan fingerprint density at radius 2 is 1.84 bits per heavy atom. The van der Waals surface area contributed by atoms with Crippen LogP contribution in [-0.4, -0.2) is 58.1 Å². The number of ether oxygens (including phenoxy) is 2. The van der Waals surface area contributed by atoms with Crippen LogP contribution in [0.4, 0.5) is 0 Å². The topological polar surface area (TPSA) is 84.9 Å². The van der Waals surface area contributed by atoms with Crippen molar-refractivity contribution in [3.63, 3.8) is 0 Å². The van der Waals surface area contributed by atoms with Crippen molar-refractivity contribution < 1.29 is 22.7 Å². The van der Waals surface area contributed by atoms with E-state index < -0.39 is 10.0 Å². The summed E-state index contributed by atoms with van der Waals surface area (Å²) in [5, 5.41) is 2.89. The standard InChI is InChI=1S/C23H30N2O5S/c1-3-30-21-10-7-19(8-11-21)5-4-12-24-23(26)20-9-6-18(2)22(17-20)31(27,28)25-13-15-29-16-14-25/h6-11,17H,3-5,12-16H2,1-2H3,(H,24,26). The summed E-state index contributed by atoms with van der Waals surface area (Å²) in [6.07, 6.45) is 1.61. The Bertz CT molecular complexity index is 984. The lowest BCUT2D eigenvalue weighted by atomic mass is 10.1. The van der Waals surface area contributed by atoms with Gasteiger partial charge < -0.3 is 14.8 Å². The maximum absolute atomic E-state index is 13.0. The fraction of sp³-hybridized carbons (Fsp3) is 0.435. The van der Waals surface area contributed by atoms with Gasteiger partial charge in [-0.1, -0.05) is 18.2 Å². The van der Waals surface area contributed by atoms with E-state index in [1.807, 2.05) is 31.2 Å². The lowest BCUT2D eigenvalue weighted by molar-refractivity contribution is 0.0730. The molecule has 2 aromatic rings. The first-order valence-electron chi connectivity index (χ1n) is 10.6. The molecule has 1 N–H and O–H groups in total. The molecule has 0 spiro atoms. The predicted molar refractivity (Wildman–Crippen MR) is 119 cm³/mol. The van der Waals surface area contributed by atoms with Crippen LogP contribution in [0.15, 0.2) is 47.4 Å². The molecule has 1 aliphatic heterocycles. The summed E-state index contributed by atoms with van der Waals surface area (Å²) in [6, 6.07) is 12.8. The third-order valence-corrected chi connectivity index (χ3v) is 7.24. The highest BCUT2D eigenvalue weighted by Gasteiger charge is 2.28. The zero-order valence-electron chi connectivity index (χ0n) is 18.1. The molecule has 0 atom stereocenters. The molecule has 1 heterocycles. The number of sulfonamides is 1. The molecule has 2 aromatic carbocycles. The van der Waals surface area contributed by atoms with Crippen LogP contribution in [0.2, 0.25) is 0 Å². The Hall–Kier alpha value is -2.42. The fourth-order valence-corrected chi connectivity index (χ4v) is 5.12. The highest BCUT2D eigenvalue weighted by atomic mass is 32.2. The van der Waals surface area contributed by atoms with Crippen LogP contribution >= 0.6 is 0 Å². The third kappa shape index (κ3) is 6.06. The van der Waals surface area contributed by atoms with Gasteiger partial charge in [-0.05, 0) is 62.1 Å². The van der Waals surface area contributed by atoms with Crippen LogP contribution in [0.5, 0.6) is 5.75 Å². The number of aryl methyl sites for hydroxylation is 2. The van der Waals surface area contributed by atoms with Gasteiger partial charge in [0.25, 0.3) is 5.91 Å². The van der Waals surface area contributed by atoms with Crippen LogP contribution in [-0.2, 0) is 21.2 Å². The molecule has 0 aliphatic carbocycles. The number of hydrogen-bond acceptors (Lipinski definition) is 5. The molecule has 0 bridgehead atoms. The normalized spacial score (nSPS) is 14.9. The van der Waals surface area contributed by atoms with Crippen molar-refractivity contribution in [2.24, 2.45) is 0 Å². The smallest absolute Gasteiger partial charge is 0.251 e. The lowest BCUT2D eigenvalue weighted by Gasteiger charge is -2.26. The number of carbonyl (C=O) groups excluding carboxylic acids is 1. The second-order valence-electron chi connectivity index (χ2n) is 7.43. The zero-order chi connectivity index (χ0) is 22.3. The van der Waals surface area contributed by atoms with Crippen LogP contribution in [0.1, 0.15) is 34.8 Å². The molecule has 1 saturated heterocycles. The number of carbonyl (C=O) groups is 1. The highest BCUT2D eigenvalue weighted by Crippen LogP contribution is 2.22. The van der Waals surface area contributed by atoms with E-state index in [4.69, 9.17) is 9.47 Å². The van der Waals surface area contributed by atoms with E-state index in [1.54, 1.807) is 19.1 Å². The number of nitrogens with zero attached hydrogens (tertiary/aromatic N) is 1. The summed E-state index contributed by atoms with van der Waals surface area (Å²) >= 11 is 0. The minimum Gasteiger partial charge on any atom is -0.494 e. The number of morpholine rings is 1. The monoisotopic (exact) mass is 446 g/mol. The minimum absolute atomic E-state index is 0.177. The van der Waals surface area contributed by atoms with Crippen molar-refractivity contribution in [2.75, 3.05) is 39.5 Å². The average Bonchev–Trinajstić information content (AvgIpc) is 2.78. The Morgan fingerprint density at radius 1 is 1.13 bits per heavy atom. The average molecular weight is 447 g/mol. The van der Waals surface area contributed by atoms with Gasteiger partial charge in [0.1, 0.15) is 5.75 Å². The molecule has 31 heavy (non-hydrogen) atoms. The molecule has 0 radical (unpaired) electrons. The van der Waals surface area contributed by atoms with Gasteiger partial charge in [-0.15, -0.1) is 0 Å². The van der Waals surface area contributed by atoms with Crippen molar-refractivity contribution in [1.29, 1.82) is 0 Å². The summed E-state index contributed by atoms with van der Waals surface area (Å²) in [6.45, 7) is 6.25. The number of rotatable bonds is 9. The van der Waals surface area contributed by atoms with Crippen LogP contribution in [0, 0.1) is 6.92 Å². The second kappa shape index (κ2) is 10.7. The minimum atomic E-state index is -3.65. The number of nitrogens with one attached hydrogen (secondary N) is 1. The summed E-state index contributed by atoms with van der Waals surface area (Å²) in [4.78, 5) is 12.8. The van der Waals surface area contributed by atoms with Gasteiger partial charge in [-0.2, -0.15) is 4.31 Å². The van der Waals surface area contributed by atoms with Gasteiger partial charge in [0.2, 0.25) is 10.0 Å². The Labute approximate surface area is 184 Å². The molecule has 3 rings (SSSR count).